The van der Waals surface area contributed by atoms with E-state index in [1.165, 1.54) is 12.1 Å². The van der Waals surface area contributed by atoms with Gasteiger partial charge in [-0.2, -0.15) is 0 Å². The Bertz CT molecular complexity index is 834. The number of nitro groups is 1. The fourth-order valence-corrected chi connectivity index (χ4v) is 2.02. The highest BCUT2D eigenvalue weighted by Crippen LogP contribution is 2.23. The molecule has 7 nitrogen and oxygen atoms in total. The average molecular weight is 296 g/mol. The summed E-state index contributed by atoms with van der Waals surface area (Å²) in [6.45, 7) is 0. The molecule has 0 spiro atoms. The maximum absolute atomic E-state index is 10.8. The van der Waals surface area contributed by atoms with Gasteiger partial charge in [0.2, 0.25) is 5.88 Å². The SMILES string of the molecule is COc1ccc(Nc2ccc3cc([N+](=O)[O-])ccc3n2)cn1. The molecule has 1 N–H and O–H groups in total. The van der Waals surface area contributed by atoms with Gasteiger partial charge in [-0.15, -0.1) is 0 Å². The van der Waals surface area contributed by atoms with Crippen LogP contribution in [0.2, 0.25) is 0 Å². The van der Waals surface area contributed by atoms with Crippen LogP contribution in [0.15, 0.2) is 48.7 Å². The van der Waals surface area contributed by atoms with Crippen molar-refractivity contribution in [3.63, 3.8) is 0 Å². The Hall–Kier alpha value is -3.22. The minimum absolute atomic E-state index is 0.0503. The first-order valence-corrected chi connectivity index (χ1v) is 6.48. The van der Waals surface area contributed by atoms with Crippen molar-refractivity contribution in [2.24, 2.45) is 0 Å². The molecule has 1 aromatic carbocycles. The van der Waals surface area contributed by atoms with Gasteiger partial charge in [0.1, 0.15) is 5.82 Å². The first-order valence-electron chi connectivity index (χ1n) is 6.48. The first-order chi connectivity index (χ1) is 10.7. The second-order valence-corrected chi connectivity index (χ2v) is 4.54. The molecule has 110 valence electrons. The van der Waals surface area contributed by atoms with Crippen LogP contribution in [0.3, 0.4) is 0 Å². The normalized spacial score (nSPS) is 10.4. The lowest BCUT2D eigenvalue weighted by atomic mass is 10.2. The average Bonchev–Trinajstić information content (AvgIpc) is 2.55. The molecule has 0 bridgehead atoms. The van der Waals surface area contributed by atoms with E-state index in [2.05, 4.69) is 15.3 Å². The van der Waals surface area contributed by atoms with Crippen LogP contribution < -0.4 is 10.1 Å². The Kier molecular flexibility index (Phi) is 3.53. The predicted molar refractivity (Wildman–Crippen MR) is 82.5 cm³/mol. The summed E-state index contributed by atoms with van der Waals surface area (Å²) in [6.07, 6.45) is 1.64. The number of methoxy groups -OCH3 is 1. The van der Waals surface area contributed by atoms with Crippen molar-refractivity contribution in [1.29, 1.82) is 0 Å². The Balaban J connectivity index is 1.88. The maximum atomic E-state index is 10.8. The van der Waals surface area contributed by atoms with Crippen LogP contribution in [0.1, 0.15) is 0 Å². The molecule has 0 aliphatic rings. The molecule has 0 aliphatic carbocycles. The minimum atomic E-state index is -0.422. The lowest BCUT2D eigenvalue weighted by Gasteiger charge is -2.07. The molecule has 0 saturated carbocycles. The number of aromatic nitrogens is 2. The molecule has 2 heterocycles. The Labute approximate surface area is 125 Å². The zero-order chi connectivity index (χ0) is 15.5. The van der Waals surface area contributed by atoms with E-state index in [-0.39, 0.29) is 5.69 Å². The summed E-state index contributed by atoms with van der Waals surface area (Å²) in [5.74, 6) is 1.16. The van der Waals surface area contributed by atoms with Gasteiger partial charge in [0.25, 0.3) is 5.69 Å². The van der Waals surface area contributed by atoms with Gasteiger partial charge in [0.15, 0.2) is 0 Å². The molecule has 0 radical (unpaired) electrons. The molecule has 2 aromatic heterocycles. The first kappa shape index (κ1) is 13.7. The monoisotopic (exact) mass is 296 g/mol. The van der Waals surface area contributed by atoms with Crippen LogP contribution in [0.25, 0.3) is 10.9 Å². The number of non-ortho nitro benzene ring substituents is 1. The molecule has 22 heavy (non-hydrogen) atoms. The number of rotatable bonds is 4. The molecule has 0 fully saturated rings. The van der Waals surface area contributed by atoms with Gasteiger partial charge in [-0.05, 0) is 24.3 Å². The van der Waals surface area contributed by atoms with Crippen molar-refractivity contribution in [2.75, 3.05) is 12.4 Å². The molecular weight excluding hydrogens is 284 g/mol. The zero-order valence-corrected chi connectivity index (χ0v) is 11.7. The fraction of sp³-hybridized carbons (Fsp3) is 0.0667. The number of anilines is 2. The molecule has 0 amide bonds. The second kappa shape index (κ2) is 5.65. The van der Waals surface area contributed by atoms with Crippen molar-refractivity contribution in [2.45, 2.75) is 0 Å². The molecule has 0 unspecified atom stereocenters. The lowest BCUT2D eigenvalue weighted by Crippen LogP contribution is -1.95. The predicted octanol–water partition coefficient (Wildman–Crippen LogP) is 3.29. The molecule has 3 aromatic rings. The number of benzene rings is 1. The van der Waals surface area contributed by atoms with Crippen LogP contribution in [0.5, 0.6) is 5.88 Å². The van der Waals surface area contributed by atoms with Gasteiger partial charge < -0.3 is 10.1 Å². The minimum Gasteiger partial charge on any atom is -0.481 e. The molecule has 0 saturated heterocycles. The van der Waals surface area contributed by atoms with Crippen LogP contribution in [-0.4, -0.2) is 22.0 Å². The van der Waals surface area contributed by atoms with E-state index >= 15 is 0 Å². The molecule has 0 aliphatic heterocycles. The fourth-order valence-electron chi connectivity index (χ4n) is 2.02. The van der Waals surface area contributed by atoms with Gasteiger partial charge in [0.05, 0.1) is 29.4 Å². The highest BCUT2D eigenvalue weighted by molar-refractivity contribution is 5.83. The standard InChI is InChI=1S/C15H12N4O3/c1-22-15-7-3-11(9-16-15)17-14-6-2-10-8-12(19(20)21)4-5-13(10)18-14/h2-9H,1H3,(H,17,18). The smallest absolute Gasteiger partial charge is 0.270 e. The summed E-state index contributed by atoms with van der Waals surface area (Å²) in [6, 6.07) is 11.7. The lowest BCUT2D eigenvalue weighted by molar-refractivity contribution is -0.384. The van der Waals surface area contributed by atoms with Crippen LogP contribution in [0.4, 0.5) is 17.2 Å². The topological polar surface area (TPSA) is 90.2 Å². The van der Waals surface area contributed by atoms with Crippen molar-refractivity contribution in [1.82, 2.24) is 9.97 Å². The zero-order valence-electron chi connectivity index (χ0n) is 11.7. The second-order valence-electron chi connectivity index (χ2n) is 4.54. The van der Waals surface area contributed by atoms with Crippen molar-refractivity contribution in [3.8, 4) is 5.88 Å². The van der Waals surface area contributed by atoms with E-state index in [9.17, 15) is 10.1 Å². The van der Waals surface area contributed by atoms with E-state index in [0.29, 0.717) is 22.6 Å². The number of ether oxygens (including phenoxy) is 1. The van der Waals surface area contributed by atoms with Crippen LogP contribution in [-0.2, 0) is 0 Å². The summed E-state index contributed by atoms with van der Waals surface area (Å²) in [7, 11) is 1.56. The van der Waals surface area contributed by atoms with Crippen molar-refractivity contribution in [3.05, 3.63) is 58.8 Å². The highest BCUT2D eigenvalue weighted by Gasteiger charge is 2.07. The van der Waals surface area contributed by atoms with Crippen molar-refractivity contribution < 1.29 is 9.66 Å². The summed E-state index contributed by atoms with van der Waals surface area (Å²) >= 11 is 0. The van der Waals surface area contributed by atoms with Gasteiger partial charge in [-0.3, -0.25) is 10.1 Å². The number of nitrogens with zero attached hydrogens (tertiary/aromatic N) is 3. The highest BCUT2D eigenvalue weighted by atomic mass is 16.6. The number of hydrogen-bond donors (Lipinski definition) is 1. The molecule has 3 rings (SSSR count). The summed E-state index contributed by atoms with van der Waals surface area (Å²) in [5, 5.41) is 14.6. The number of fused-ring (bicyclic) bond motifs is 1. The largest absolute Gasteiger partial charge is 0.481 e. The molecule has 0 atom stereocenters. The third-order valence-electron chi connectivity index (χ3n) is 3.10. The number of nitro benzene ring substituents is 1. The number of hydrogen-bond acceptors (Lipinski definition) is 6. The summed E-state index contributed by atoms with van der Waals surface area (Å²) in [4.78, 5) is 18.9. The van der Waals surface area contributed by atoms with Crippen LogP contribution in [0, 0.1) is 10.1 Å². The van der Waals surface area contributed by atoms with Gasteiger partial charge in [0, 0.05) is 23.6 Å². The Morgan fingerprint density at radius 1 is 1.18 bits per heavy atom. The van der Waals surface area contributed by atoms with Crippen molar-refractivity contribution >= 4 is 28.1 Å². The van der Waals surface area contributed by atoms with Crippen LogP contribution >= 0.6 is 0 Å². The van der Waals surface area contributed by atoms with E-state index in [4.69, 9.17) is 4.74 Å². The van der Waals surface area contributed by atoms with Gasteiger partial charge >= 0.3 is 0 Å². The van der Waals surface area contributed by atoms with E-state index < -0.39 is 4.92 Å². The number of nitrogens with one attached hydrogen (secondary N) is 1. The maximum Gasteiger partial charge on any atom is 0.270 e. The Morgan fingerprint density at radius 3 is 2.73 bits per heavy atom. The molecule has 7 heteroatoms. The Morgan fingerprint density at radius 2 is 2.05 bits per heavy atom. The summed E-state index contributed by atoms with van der Waals surface area (Å²) in [5.41, 5.74) is 1.50. The quantitative estimate of drug-likeness (QED) is 0.587. The van der Waals surface area contributed by atoms with E-state index in [1.54, 1.807) is 37.6 Å². The third kappa shape index (κ3) is 2.78. The van der Waals surface area contributed by atoms with Gasteiger partial charge in [-0.1, -0.05) is 0 Å². The third-order valence-corrected chi connectivity index (χ3v) is 3.10. The summed E-state index contributed by atoms with van der Waals surface area (Å²) < 4.78 is 5.00. The van der Waals surface area contributed by atoms with Gasteiger partial charge in [-0.25, -0.2) is 9.97 Å². The number of pyridine rings is 2. The molecular formula is C15H12N4O3. The van der Waals surface area contributed by atoms with E-state index in [0.717, 1.165) is 5.69 Å². The van der Waals surface area contributed by atoms with E-state index in [1.807, 2.05) is 6.07 Å².